The van der Waals surface area contributed by atoms with Crippen molar-refractivity contribution < 1.29 is 23.3 Å². The molecule has 0 N–H and O–H groups in total. The minimum atomic E-state index is -0.425. The zero-order chi connectivity index (χ0) is 23.0. The molecular weight excluding hydrogens is 421 g/mol. The molecule has 33 heavy (non-hydrogen) atoms. The van der Waals surface area contributed by atoms with E-state index in [-0.39, 0.29) is 12.4 Å². The molecule has 0 spiro atoms. The Morgan fingerprint density at radius 1 is 1.06 bits per heavy atom. The summed E-state index contributed by atoms with van der Waals surface area (Å²) in [4.78, 5) is 4.76. The lowest BCUT2D eigenvalue weighted by molar-refractivity contribution is 0.0497. The molecule has 2 heterocycles. The molecule has 176 valence electrons. The number of rotatable bonds is 10. The molecule has 1 fully saturated rings. The first-order chi connectivity index (χ1) is 16.2. The Morgan fingerprint density at radius 2 is 1.88 bits per heavy atom. The predicted octanol–water partition coefficient (Wildman–Crippen LogP) is 6.25. The molecule has 5 nitrogen and oxygen atoms in total. The van der Waals surface area contributed by atoms with Gasteiger partial charge in [-0.05, 0) is 56.4 Å². The van der Waals surface area contributed by atoms with Gasteiger partial charge < -0.3 is 18.9 Å². The van der Waals surface area contributed by atoms with Gasteiger partial charge in [-0.1, -0.05) is 25.5 Å². The molecule has 2 aromatic carbocycles. The monoisotopic (exact) mass is 453 g/mol. The lowest BCUT2D eigenvalue weighted by Gasteiger charge is -2.22. The highest BCUT2D eigenvalue weighted by Gasteiger charge is 2.17. The average molecular weight is 454 g/mol. The largest absolute Gasteiger partial charge is 0.493 e. The number of hydrogen-bond donors (Lipinski definition) is 0. The number of aromatic nitrogens is 1. The van der Waals surface area contributed by atoms with Gasteiger partial charge in [0.2, 0.25) is 0 Å². The van der Waals surface area contributed by atoms with Crippen molar-refractivity contribution in [1.82, 2.24) is 4.98 Å². The number of benzene rings is 2. The van der Waals surface area contributed by atoms with E-state index in [1.54, 1.807) is 12.1 Å². The van der Waals surface area contributed by atoms with E-state index in [0.717, 1.165) is 66.8 Å². The van der Waals surface area contributed by atoms with Crippen molar-refractivity contribution in [3.8, 4) is 17.2 Å². The van der Waals surface area contributed by atoms with Gasteiger partial charge in [-0.2, -0.15) is 0 Å². The van der Waals surface area contributed by atoms with Crippen molar-refractivity contribution >= 4 is 10.9 Å². The molecule has 1 aromatic heterocycles. The Bertz CT molecular complexity index is 1070. The van der Waals surface area contributed by atoms with Crippen LogP contribution in [0.3, 0.4) is 0 Å². The standard InChI is InChI=1S/C27H32FNO4/c1-3-4-13-31-27-19(2)25(29-24-8-6-5-7-22(24)27)18-33-26-16-21(9-10-23(26)28)32-17-20-11-14-30-15-12-20/h5-10,16,20H,3-4,11-15,17-18H2,1-2H3. The number of fused-ring (bicyclic) bond motifs is 1. The third-order valence-corrected chi connectivity index (χ3v) is 6.02. The van der Waals surface area contributed by atoms with Crippen LogP contribution in [0.25, 0.3) is 10.9 Å². The van der Waals surface area contributed by atoms with Gasteiger partial charge >= 0.3 is 0 Å². The number of nitrogens with zero attached hydrogens (tertiary/aromatic N) is 1. The van der Waals surface area contributed by atoms with E-state index in [0.29, 0.717) is 24.9 Å². The average Bonchev–Trinajstić information content (AvgIpc) is 2.85. The summed E-state index contributed by atoms with van der Waals surface area (Å²) in [5.74, 6) is 1.61. The first kappa shape index (κ1) is 23.3. The van der Waals surface area contributed by atoms with Crippen LogP contribution >= 0.6 is 0 Å². The Balaban J connectivity index is 1.48. The van der Waals surface area contributed by atoms with Gasteiger partial charge in [0.25, 0.3) is 0 Å². The summed E-state index contributed by atoms with van der Waals surface area (Å²) in [6.07, 6.45) is 4.01. The third-order valence-electron chi connectivity index (χ3n) is 6.02. The first-order valence-electron chi connectivity index (χ1n) is 11.8. The Morgan fingerprint density at radius 3 is 2.70 bits per heavy atom. The van der Waals surface area contributed by atoms with E-state index in [1.165, 1.54) is 6.07 Å². The highest BCUT2D eigenvalue weighted by atomic mass is 19.1. The van der Waals surface area contributed by atoms with E-state index in [2.05, 4.69) is 6.92 Å². The van der Waals surface area contributed by atoms with Crippen LogP contribution in [0, 0.1) is 18.7 Å². The summed E-state index contributed by atoms with van der Waals surface area (Å²) in [5.41, 5.74) is 2.48. The first-order valence-corrected chi connectivity index (χ1v) is 11.8. The maximum absolute atomic E-state index is 14.5. The van der Waals surface area contributed by atoms with Crippen LogP contribution in [0.15, 0.2) is 42.5 Å². The van der Waals surface area contributed by atoms with E-state index in [9.17, 15) is 4.39 Å². The van der Waals surface area contributed by atoms with Crippen LogP contribution in [0.2, 0.25) is 0 Å². The second-order valence-electron chi connectivity index (χ2n) is 8.48. The van der Waals surface area contributed by atoms with Gasteiger partial charge in [-0.3, -0.25) is 0 Å². The molecular formula is C27H32FNO4. The molecule has 4 rings (SSSR count). The van der Waals surface area contributed by atoms with Crippen molar-refractivity contribution in [1.29, 1.82) is 0 Å². The molecule has 1 aliphatic heterocycles. The van der Waals surface area contributed by atoms with E-state index in [4.69, 9.17) is 23.9 Å². The summed E-state index contributed by atoms with van der Waals surface area (Å²) in [6.45, 7) is 7.04. The van der Waals surface area contributed by atoms with Gasteiger partial charge in [0.15, 0.2) is 11.6 Å². The lowest BCUT2D eigenvalue weighted by Crippen LogP contribution is -2.21. The maximum Gasteiger partial charge on any atom is 0.165 e. The minimum absolute atomic E-state index is 0.140. The van der Waals surface area contributed by atoms with Gasteiger partial charge in [0, 0.05) is 30.2 Å². The molecule has 0 amide bonds. The summed E-state index contributed by atoms with van der Waals surface area (Å²) < 4.78 is 37.8. The topological polar surface area (TPSA) is 49.8 Å². The van der Waals surface area contributed by atoms with Crippen molar-refractivity contribution in [2.24, 2.45) is 5.92 Å². The zero-order valence-electron chi connectivity index (χ0n) is 19.4. The summed E-state index contributed by atoms with van der Waals surface area (Å²) >= 11 is 0. The lowest BCUT2D eigenvalue weighted by atomic mass is 10.0. The van der Waals surface area contributed by atoms with Gasteiger partial charge in [0.05, 0.1) is 24.4 Å². The minimum Gasteiger partial charge on any atom is -0.493 e. The SMILES string of the molecule is CCCCOc1c(C)c(COc2cc(OCC3CCOCC3)ccc2F)nc2ccccc12. The zero-order valence-corrected chi connectivity index (χ0v) is 19.4. The molecule has 6 heteroatoms. The molecule has 0 unspecified atom stereocenters. The molecule has 0 atom stereocenters. The molecule has 0 aliphatic carbocycles. The van der Waals surface area contributed by atoms with Crippen LogP contribution in [-0.2, 0) is 11.3 Å². The number of ether oxygens (including phenoxy) is 4. The molecule has 0 bridgehead atoms. The highest BCUT2D eigenvalue weighted by Crippen LogP contribution is 2.32. The molecule has 3 aromatic rings. The third kappa shape index (κ3) is 5.93. The van der Waals surface area contributed by atoms with E-state index in [1.807, 2.05) is 31.2 Å². The smallest absolute Gasteiger partial charge is 0.165 e. The summed E-state index contributed by atoms with van der Waals surface area (Å²) in [5, 5.41) is 0.976. The normalized spacial score (nSPS) is 14.4. The molecule has 1 saturated heterocycles. The van der Waals surface area contributed by atoms with Crippen LogP contribution < -0.4 is 14.2 Å². The van der Waals surface area contributed by atoms with Gasteiger partial charge in [-0.25, -0.2) is 9.37 Å². The van der Waals surface area contributed by atoms with Crippen molar-refractivity contribution in [2.75, 3.05) is 26.4 Å². The highest BCUT2D eigenvalue weighted by molar-refractivity contribution is 5.86. The molecule has 0 saturated carbocycles. The molecule has 0 radical (unpaired) electrons. The van der Waals surface area contributed by atoms with Crippen molar-refractivity contribution in [3.05, 3.63) is 59.5 Å². The summed E-state index contributed by atoms with van der Waals surface area (Å²) in [6, 6.07) is 12.5. The number of pyridine rings is 1. The van der Waals surface area contributed by atoms with Crippen molar-refractivity contribution in [2.45, 2.75) is 46.1 Å². The maximum atomic E-state index is 14.5. The fraction of sp³-hybridized carbons (Fsp3) is 0.444. The van der Waals surface area contributed by atoms with Gasteiger partial charge in [-0.15, -0.1) is 0 Å². The second kappa shape index (κ2) is 11.3. The van der Waals surface area contributed by atoms with Crippen LogP contribution in [0.4, 0.5) is 4.39 Å². The number of para-hydroxylation sites is 1. The Hall–Kier alpha value is -2.86. The fourth-order valence-corrected chi connectivity index (χ4v) is 3.93. The number of hydrogen-bond acceptors (Lipinski definition) is 5. The predicted molar refractivity (Wildman–Crippen MR) is 127 cm³/mol. The van der Waals surface area contributed by atoms with Crippen LogP contribution in [0.1, 0.15) is 43.9 Å². The Kier molecular flexibility index (Phi) is 8.00. The fourth-order valence-electron chi connectivity index (χ4n) is 3.93. The van der Waals surface area contributed by atoms with E-state index < -0.39 is 5.82 Å². The summed E-state index contributed by atoms with van der Waals surface area (Å²) in [7, 11) is 0. The van der Waals surface area contributed by atoms with Crippen LogP contribution in [-0.4, -0.2) is 31.4 Å². The quantitative estimate of drug-likeness (QED) is 0.340. The number of unbranched alkanes of at least 4 members (excludes halogenated alkanes) is 1. The second-order valence-corrected chi connectivity index (χ2v) is 8.48. The van der Waals surface area contributed by atoms with Crippen LogP contribution in [0.5, 0.6) is 17.2 Å². The van der Waals surface area contributed by atoms with Gasteiger partial charge in [0.1, 0.15) is 18.1 Å². The molecule has 1 aliphatic rings. The number of halogens is 1. The van der Waals surface area contributed by atoms with E-state index >= 15 is 0 Å². The Labute approximate surface area is 194 Å². The van der Waals surface area contributed by atoms with Crippen molar-refractivity contribution in [3.63, 3.8) is 0 Å².